The first-order chi connectivity index (χ1) is 12.7. The third kappa shape index (κ3) is 2.86. The Morgan fingerprint density at radius 3 is 2.31 bits per heavy atom. The van der Waals surface area contributed by atoms with Gasteiger partial charge in [0.05, 0.1) is 27.9 Å². The molecule has 0 unspecified atom stereocenters. The van der Waals surface area contributed by atoms with Crippen molar-refractivity contribution in [1.29, 1.82) is 0 Å². The molecule has 0 aromatic heterocycles. The van der Waals surface area contributed by atoms with Crippen LogP contribution in [0.4, 0.5) is 0 Å². The number of hydrogen-bond acceptors (Lipinski definition) is 4. The monoisotopic (exact) mass is 350 g/mol. The Morgan fingerprint density at radius 2 is 1.54 bits per heavy atom. The second-order valence-corrected chi connectivity index (χ2v) is 6.38. The van der Waals surface area contributed by atoms with E-state index in [4.69, 9.17) is 18.9 Å². The molecule has 3 aromatic rings. The zero-order valence-electron chi connectivity index (χ0n) is 15.2. The number of fused-ring (bicyclic) bond motifs is 2. The summed E-state index contributed by atoms with van der Waals surface area (Å²) < 4.78 is 22.4. The molecule has 3 aromatic carbocycles. The number of hydrogen-bond donors (Lipinski definition) is 0. The molecule has 0 saturated heterocycles. The van der Waals surface area contributed by atoms with Gasteiger partial charge in [-0.15, -0.1) is 0 Å². The zero-order valence-corrected chi connectivity index (χ0v) is 15.2. The minimum atomic E-state index is -0.106. The van der Waals surface area contributed by atoms with Gasteiger partial charge in [0.2, 0.25) is 0 Å². The molecular formula is C22H22O4. The third-order valence-electron chi connectivity index (χ3n) is 4.96. The summed E-state index contributed by atoms with van der Waals surface area (Å²) in [5.74, 6) is 2.35. The van der Waals surface area contributed by atoms with E-state index in [1.807, 2.05) is 18.2 Å². The predicted octanol–water partition coefficient (Wildman–Crippen LogP) is 4.53. The van der Waals surface area contributed by atoms with Crippen LogP contribution in [0.2, 0.25) is 0 Å². The normalized spacial score (nSPS) is 16.2. The summed E-state index contributed by atoms with van der Waals surface area (Å²) in [6.45, 7) is 0.688. The smallest absolute Gasteiger partial charge is 0.161 e. The number of rotatable bonds is 4. The summed E-state index contributed by atoms with van der Waals surface area (Å²) in [6.07, 6.45) is 0.766. The fraction of sp³-hybridized carbons (Fsp3) is 0.273. The van der Waals surface area contributed by atoms with Crippen molar-refractivity contribution < 1.29 is 18.9 Å². The molecule has 0 spiro atoms. The highest BCUT2D eigenvalue weighted by atomic mass is 16.5. The van der Waals surface area contributed by atoms with Gasteiger partial charge in [-0.2, -0.15) is 0 Å². The van der Waals surface area contributed by atoms with Crippen LogP contribution in [0.25, 0.3) is 10.8 Å². The van der Waals surface area contributed by atoms with Gasteiger partial charge >= 0.3 is 0 Å². The summed E-state index contributed by atoms with van der Waals surface area (Å²) in [5, 5.41) is 2.32. The van der Waals surface area contributed by atoms with Gasteiger partial charge in [-0.05, 0) is 64.2 Å². The summed E-state index contributed by atoms with van der Waals surface area (Å²) in [7, 11) is 5.01. The van der Waals surface area contributed by atoms with Crippen LogP contribution < -0.4 is 14.2 Å². The molecule has 0 aliphatic carbocycles. The molecule has 0 saturated carbocycles. The van der Waals surface area contributed by atoms with E-state index in [1.54, 1.807) is 21.3 Å². The summed E-state index contributed by atoms with van der Waals surface area (Å²) in [6, 6.07) is 16.6. The quantitative estimate of drug-likeness (QED) is 0.693. The van der Waals surface area contributed by atoms with Crippen LogP contribution in [0, 0.1) is 0 Å². The minimum absolute atomic E-state index is 0.106. The second-order valence-electron chi connectivity index (χ2n) is 6.38. The van der Waals surface area contributed by atoms with E-state index >= 15 is 0 Å². The minimum Gasteiger partial charge on any atom is -0.497 e. The number of methoxy groups -OCH3 is 3. The van der Waals surface area contributed by atoms with Crippen molar-refractivity contribution in [1.82, 2.24) is 0 Å². The number of ether oxygens (including phenoxy) is 4. The van der Waals surface area contributed by atoms with Crippen LogP contribution >= 0.6 is 0 Å². The van der Waals surface area contributed by atoms with Gasteiger partial charge in [0.1, 0.15) is 11.9 Å². The average molecular weight is 350 g/mol. The molecule has 4 rings (SSSR count). The van der Waals surface area contributed by atoms with Crippen LogP contribution in [0.5, 0.6) is 17.2 Å². The van der Waals surface area contributed by atoms with Crippen LogP contribution in [-0.4, -0.2) is 27.9 Å². The lowest BCUT2D eigenvalue weighted by Gasteiger charge is -2.28. The van der Waals surface area contributed by atoms with Crippen molar-refractivity contribution in [2.75, 3.05) is 27.9 Å². The highest BCUT2D eigenvalue weighted by molar-refractivity contribution is 5.84. The van der Waals surface area contributed by atoms with E-state index in [2.05, 4.69) is 30.3 Å². The van der Waals surface area contributed by atoms with Gasteiger partial charge in [-0.25, -0.2) is 0 Å². The second kappa shape index (κ2) is 6.89. The maximum Gasteiger partial charge on any atom is 0.161 e. The van der Waals surface area contributed by atoms with Crippen LogP contribution in [0.15, 0.2) is 48.5 Å². The highest BCUT2D eigenvalue weighted by Crippen LogP contribution is 2.40. The van der Waals surface area contributed by atoms with E-state index in [-0.39, 0.29) is 6.10 Å². The first-order valence-electron chi connectivity index (χ1n) is 8.67. The van der Waals surface area contributed by atoms with Gasteiger partial charge in [-0.1, -0.05) is 18.2 Å². The first kappa shape index (κ1) is 16.7. The largest absolute Gasteiger partial charge is 0.497 e. The van der Waals surface area contributed by atoms with Crippen molar-refractivity contribution in [2.45, 2.75) is 12.5 Å². The van der Waals surface area contributed by atoms with Gasteiger partial charge in [0.25, 0.3) is 0 Å². The van der Waals surface area contributed by atoms with E-state index in [9.17, 15) is 0 Å². The van der Waals surface area contributed by atoms with Crippen molar-refractivity contribution in [3.05, 3.63) is 65.2 Å². The van der Waals surface area contributed by atoms with Crippen LogP contribution in [0.1, 0.15) is 22.8 Å². The Kier molecular flexibility index (Phi) is 4.43. The molecule has 1 aliphatic rings. The molecule has 0 radical (unpaired) electrons. The molecule has 1 atom stereocenters. The highest BCUT2D eigenvalue weighted by Gasteiger charge is 2.25. The van der Waals surface area contributed by atoms with Gasteiger partial charge < -0.3 is 18.9 Å². The Morgan fingerprint density at radius 1 is 0.808 bits per heavy atom. The molecule has 0 fully saturated rings. The first-order valence-corrected chi connectivity index (χ1v) is 8.67. The fourth-order valence-corrected chi connectivity index (χ4v) is 3.58. The van der Waals surface area contributed by atoms with Gasteiger partial charge in [0.15, 0.2) is 11.5 Å². The van der Waals surface area contributed by atoms with E-state index in [1.165, 1.54) is 10.9 Å². The summed E-state index contributed by atoms with van der Waals surface area (Å²) >= 11 is 0. The molecule has 26 heavy (non-hydrogen) atoms. The van der Waals surface area contributed by atoms with Crippen LogP contribution in [0.3, 0.4) is 0 Å². The van der Waals surface area contributed by atoms with Crippen molar-refractivity contribution in [3.8, 4) is 17.2 Å². The van der Waals surface area contributed by atoms with E-state index in [0.29, 0.717) is 6.61 Å². The topological polar surface area (TPSA) is 36.9 Å². The average Bonchev–Trinajstić information content (AvgIpc) is 2.71. The molecule has 134 valence electrons. The maximum absolute atomic E-state index is 6.14. The third-order valence-corrected chi connectivity index (χ3v) is 4.96. The summed E-state index contributed by atoms with van der Waals surface area (Å²) in [4.78, 5) is 0. The SMILES string of the molecule is COc1ccc2cc([C@@H]3OCCc4cc(OC)c(OC)cc43)ccc2c1. The maximum atomic E-state index is 6.14. The standard InChI is InChI=1S/C22H22O4/c1-23-18-7-6-14-10-17(5-4-15(14)11-18)22-19-13-21(25-3)20(24-2)12-16(19)8-9-26-22/h4-7,10-13,22H,8-9H2,1-3H3/t22-/m0/s1. The van der Waals surface area contributed by atoms with Crippen molar-refractivity contribution >= 4 is 10.8 Å². The van der Waals surface area contributed by atoms with Crippen molar-refractivity contribution in [3.63, 3.8) is 0 Å². The lowest BCUT2D eigenvalue weighted by molar-refractivity contribution is 0.0696. The predicted molar refractivity (Wildman–Crippen MR) is 102 cm³/mol. The fourth-order valence-electron chi connectivity index (χ4n) is 3.58. The molecule has 0 amide bonds. The Labute approximate surface area is 153 Å². The number of benzene rings is 3. The molecular weight excluding hydrogens is 328 g/mol. The molecule has 1 aliphatic heterocycles. The van der Waals surface area contributed by atoms with Gasteiger partial charge in [-0.3, -0.25) is 0 Å². The van der Waals surface area contributed by atoms with Gasteiger partial charge in [0, 0.05) is 0 Å². The molecule has 4 nitrogen and oxygen atoms in total. The zero-order chi connectivity index (χ0) is 18.1. The Balaban J connectivity index is 1.79. The van der Waals surface area contributed by atoms with E-state index in [0.717, 1.165) is 40.2 Å². The Bertz CT molecular complexity index is 948. The van der Waals surface area contributed by atoms with Crippen LogP contribution in [-0.2, 0) is 11.2 Å². The Hall–Kier alpha value is -2.72. The summed E-state index contributed by atoms with van der Waals surface area (Å²) in [5.41, 5.74) is 3.52. The van der Waals surface area contributed by atoms with E-state index < -0.39 is 0 Å². The molecule has 4 heteroatoms. The molecule has 0 N–H and O–H groups in total. The molecule has 0 bridgehead atoms. The van der Waals surface area contributed by atoms with Crippen molar-refractivity contribution in [2.24, 2.45) is 0 Å². The lowest BCUT2D eigenvalue weighted by atomic mass is 9.91. The lowest BCUT2D eigenvalue weighted by Crippen LogP contribution is -2.17. The molecule has 1 heterocycles.